The minimum Gasteiger partial charge on any atom is -0.337 e. The summed E-state index contributed by atoms with van der Waals surface area (Å²) in [4.78, 5) is 29.5. The van der Waals surface area contributed by atoms with Crippen molar-refractivity contribution in [3.05, 3.63) is 79.0 Å². The monoisotopic (exact) mass is 519 g/mol. The highest BCUT2D eigenvalue weighted by atomic mass is 19.1. The van der Waals surface area contributed by atoms with E-state index in [9.17, 15) is 9.18 Å². The standard InChI is InChI=1S/C30H26FN7O/c1-30(2,3)13-25(39)34-21-11-18(14-32-16-21)19-12-23-27(37-38-28(23)33-15-19)29-35-24-6-4-5-22(26(24)36-29)17-7-9-20(31)10-8-17/h4-12,14-16H,13H2,1-3H3,(H,34,39)(H,35,36)(H,33,37,38). The van der Waals surface area contributed by atoms with Crippen molar-refractivity contribution in [2.24, 2.45) is 5.41 Å². The predicted octanol–water partition coefficient (Wildman–Crippen LogP) is 6.74. The highest BCUT2D eigenvalue weighted by molar-refractivity contribution is 5.97. The van der Waals surface area contributed by atoms with Gasteiger partial charge in [0.25, 0.3) is 0 Å². The van der Waals surface area contributed by atoms with Crippen molar-refractivity contribution >= 4 is 33.7 Å². The molecule has 0 atom stereocenters. The molecular weight excluding hydrogens is 493 g/mol. The number of hydrogen-bond acceptors (Lipinski definition) is 5. The van der Waals surface area contributed by atoms with Gasteiger partial charge in [0.1, 0.15) is 11.5 Å². The van der Waals surface area contributed by atoms with Crippen LogP contribution in [0.1, 0.15) is 27.2 Å². The number of imidazole rings is 1. The Labute approximate surface area is 223 Å². The van der Waals surface area contributed by atoms with Gasteiger partial charge in [0.15, 0.2) is 11.5 Å². The summed E-state index contributed by atoms with van der Waals surface area (Å²) in [5.74, 6) is 0.246. The Morgan fingerprint density at radius 3 is 2.56 bits per heavy atom. The summed E-state index contributed by atoms with van der Waals surface area (Å²) in [6, 6.07) is 16.1. The van der Waals surface area contributed by atoms with Crippen LogP contribution in [0.4, 0.5) is 10.1 Å². The molecule has 4 heterocycles. The largest absolute Gasteiger partial charge is 0.337 e. The Kier molecular flexibility index (Phi) is 5.91. The topological polar surface area (TPSA) is 112 Å². The minimum atomic E-state index is -0.284. The number of amides is 1. The van der Waals surface area contributed by atoms with Crippen LogP contribution in [0.2, 0.25) is 0 Å². The quantitative estimate of drug-likeness (QED) is 0.233. The van der Waals surface area contributed by atoms with Crippen LogP contribution < -0.4 is 5.32 Å². The number of H-pyrrole nitrogens is 2. The van der Waals surface area contributed by atoms with E-state index in [2.05, 4.69) is 30.5 Å². The molecule has 0 radical (unpaired) electrons. The van der Waals surface area contributed by atoms with E-state index in [0.29, 0.717) is 29.3 Å². The zero-order chi connectivity index (χ0) is 27.1. The average molecular weight is 520 g/mol. The molecule has 2 aromatic carbocycles. The van der Waals surface area contributed by atoms with Gasteiger partial charge in [-0.2, -0.15) is 5.10 Å². The Hall–Kier alpha value is -4.92. The minimum absolute atomic E-state index is 0.0583. The molecule has 0 aliphatic carbocycles. The van der Waals surface area contributed by atoms with Gasteiger partial charge in [0.05, 0.1) is 28.3 Å². The van der Waals surface area contributed by atoms with E-state index in [1.807, 2.05) is 51.1 Å². The first-order valence-corrected chi connectivity index (χ1v) is 12.6. The van der Waals surface area contributed by atoms with Gasteiger partial charge in [-0.25, -0.2) is 14.4 Å². The third kappa shape index (κ3) is 4.98. The molecular formula is C30H26FN7O. The van der Waals surface area contributed by atoms with Crippen LogP contribution in [0, 0.1) is 11.2 Å². The maximum atomic E-state index is 13.5. The molecule has 0 fully saturated rings. The molecule has 39 heavy (non-hydrogen) atoms. The second-order valence-corrected chi connectivity index (χ2v) is 10.7. The van der Waals surface area contributed by atoms with Gasteiger partial charge in [-0.3, -0.25) is 14.9 Å². The molecule has 0 aliphatic rings. The summed E-state index contributed by atoms with van der Waals surface area (Å²) in [6.07, 6.45) is 5.52. The summed E-state index contributed by atoms with van der Waals surface area (Å²) >= 11 is 0. The maximum absolute atomic E-state index is 13.5. The third-order valence-electron chi connectivity index (χ3n) is 6.35. The predicted molar refractivity (Wildman–Crippen MR) is 150 cm³/mol. The van der Waals surface area contributed by atoms with Gasteiger partial charge in [0.2, 0.25) is 5.91 Å². The second kappa shape index (κ2) is 9.43. The van der Waals surface area contributed by atoms with Crippen LogP contribution in [0.15, 0.2) is 73.2 Å². The molecule has 0 bridgehead atoms. The summed E-state index contributed by atoms with van der Waals surface area (Å²) < 4.78 is 13.5. The number of carbonyl (C=O) groups is 1. The number of benzene rings is 2. The molecule has 194 valence electrons. The number of halogens is 1. The molecule has 9 heteroatoms. The van der Waals surface area contributed by atoms with Gasteiger partial charge < -0.3 is 10.3 Å². The van der Waals surface area contributed by atoms with E-state index in [-0.39, 0.29) is 17.1 Å². The third-order valence-corrected chi connectivity index (χ3v) is 6.35. The van der Waals surface area contributed by atoms with Crippen molar-refractivity contribution in [1.29, 1.82) is 0 Å². The van der Waals surface area contributed by atoms with E-state index in [0.717, 1.165) is 38.7 Å². The number of para-hydroxylation sites is 1. The number of fused-ring (bicyclic) bond motifs is 2. The molecule has 0 aliphatic heterocycles. The number of nitrogens with one attached hydrogen (secondary N) is 3. The first-order chi connectivity index (χ1) is 18.7. The number of hydrogen-bond donors (Lipinski definition) is 3. The lowest BCUT2D eigenvalue weighted by molar-refractivity contribution is -0.117. The number of aromatic amines is 2. The van der Waals surface area contributed by atoms with E-state index < -0.39 is 0 Å². The van der Waals surface area contributed by atoms with Gasteiger partial charge in [-0.1, -0.05) is 45.0 Å². The molecule has 0 spiro atoms. The Morgan fingerprint density at radius 2 is 1.77 bits per heavy atom. The zero-order valence-electron chi connectivity index (χ0n) is 21.7. The van der Waals surface area contributed by atoms with Crippen molar-refractivity contribution in [2.45, 2.75) is 27.2 Å². The number of aromatic nitrogens is 6. The first kappa shape index (κ1) is 24.4. The zero-order valence-corrected chi connectivity index (χ0v) is 21.7. The number of anilines is 1. The van der Waals surface area contributed by atoms with Crippen molar-refractivity contribution < 1.29 is 9.18 Å². The molecule has 0 saturated heterocycles. The van der Waals surface area contributed by atoms with E-state index in [1.165, 1.54) is 12.1 Å². The fourth-order valence-electron chi connectivity index (χ4n) is 4.60. The Balaban J connectivity index is 1.36. The molecule has 6 aromatic rings. The molecule has 4 aromatic heterocycles. The number of pyridine rings is 2. The van der Waals surface area contributed by atoms with Crippen molar-refractivity contribution in [3.63, 3.8) is 0 Å². The van der Waals surface area contributed by atoms with Crippen LogP contribution in [-0.4, -0.2) is 36.0 Å². The SMILES string of the molecule is CC(C)(C)CC(=O)Nc1cncc(-c2cnc3[nH]nc(-c4nc5c(-c6ccc(F)cc6)cccc5[nH]4)c3c2)c1. The number of nitrogens with zero attached hydrogens (tertiary/aromatic N) is 4. The first-order valence-electron chi connectivity index (χ1n) is 12.6. The van der Waals surface area contributed by atoms with Gasteiger partial charge in [-0.05, 0) is 41.3 Å². The fourth-order valence-corrected chi connectivity index (χ4v) is 4.60. The van der Waals surface area contributed by atoms with Gasteiger partial charge >= 0.3 is 0 Å². The van der Waals surface area contributed by atoms with Crippen molar-refractivity contribution in [2.75, 3.05) is 5.32 Å². The van der Waals surface area contributed by atoms with Crippen LogP contribution in [0.25, 0.3) is 55.8 Å². The maximum Gasteiger partial charge on any atom is 0.224 e. The molecule has 0 saturated carbocycles. The van der Waals surface area contributed by atoms with Gasteiger partial charge in [0, 0.05) is 35.5 Å². The van der Waals surface area contributed by atoms with Crippen LogP contribution >= 0.6 is 0 Å². The Morgan fingerprint density at radius 1 is 0.974 bits per heavy atom. The summed E-state index contributed by atoms with van der Waals surface area (Å²) in [5.41, 5.74) is 6.78. The summed E-state index contributed by atoms with van der Waals surface area (Å²) in [5, 5.41) is 11.2. The van der Waals surface area contributed by atoms with Crippen LogP contribution in [-0.2, 0) is 4.79 Å². The second-order valence-electron chi connectivity index (χ2n) is 10.7. The van der Waals surface area contributed by atoms with Crippen molar-refractivity contribution in [3.8, 4) is 33.8 Å². The highest BCUT2D eigenvalue weighted by Gasteiger charge is 2.18. The molecule has 8 nitrogen and oxygen atoms in total. The number of rotatable bonds is 5. The number of carbonyl (C=O) groups excluding carboxylic acids is 1. The fraction of sp³-hybridized carbons (Fsp3) is 0.167. The van der Waals surface area contributed by atoms with Crippen LogP contribution in [0.3, 0.4) is 0 Å². The van der Waals surface area contributed by atoms with E-state index in [4.69, 9.17) is 4.98 Å². The van der Waals surface area contributed by atoms with Crippen LogP contribution in [0.5, 0.6) is 0 Å². The lowest BCUT2D eigenvalue weighted by Gasteiger charge is -2.17. The van der Waals surface area contributed by atoms with Crippen molar-refractivity contribution in [1.82, 2.24) is 30.1 Å². The lowest BCUT2D eigenvalue weighted by Crippen LogP contribution is -2.19. The molecule has 1 amide bonds. The Bertz CT molecular complexity index is 1830. The summed E-state index contributed by atoms with van der Waals surface area (Å²) in [7, 11) is 0. The normalized spacial score (nSPS) is 11.8. The molecule has 0 unspecified atom stereocenters. The van der Waals surface area contributed by atoms with E-state index in [1.54, 1.807) is 30.7 Å². The van der Waals surface area contributed by atoms with E-state index >= 15 is 0 Å². The summed E-state index contributed by atoms with van der Waals surface area (Å²) in [6.45, 7) is 6.07. The smallest absolute Gasteiger partial charge is 0.224 e. The average Bonchev–Trinajstić information content (AvgIpc) is 3.52. The molecule has 6 rings (SSSR count). The van der Waals surface area contributed by atoms with Gasteiger partial charge in [-0.15, -0.1) is 0 Å². The molecule has 3 N–H and O–H groups in total. The highest BCUT2D eigenvalue weighted by Crippen LogP contribution is 2.33. The lowest BCUT2D eigenvalue weighted by atomic mass is 9.92.